The van der Waals surface area contributed by atoms with Gasteiger partial charge in [-0.3, -0.25) is 4.79 Å². The molecule has 0 amide bonds. The number of hydrogen-bond donors (Lipinski definition) is 1. The van der Waals surface area contributed by atoms with E-state index in [1.807, 2.05) is 60.7 Å². The molecule has 0 spiro atoms. The van der Waals surface area contributed by atoms with Crippen molar-refractivity contribution in [3.05, 3.63) is 99.6 Å². The van der Waals surface area contributed by atoms with Crippen molar-refractivity contribution in [1.82, 2.24) is 0 Å². The highest BCUT2D eigenvalue weighted by molar-refractivity contribution is 5.29. The molecule has 25 heavy (non-hydrogen) atoms. The molecular formula is C21H20O4. The van der Waals surface area contributed by atoms with Gasteiger partial charge in [0, 0.05) is 12.5 Å². The quantitative estimate of drug-likeness (QED) is 0.744. The van der Waals surface area contributed by atoms with Crippen LogP contribution in [0.25, 0.3) is 0 Å². The summed E-state index contributed by atoms with van der Waals surface area (Å²) in [5.74, 6) is 1.01. The summed E-state index contributed by atoms with van der Waals surface area (Å²) in [7, 11) is 0. The summed E-state index contributed by atoms with van der Waals surface area (Å²) in [4.78, 5) is 12.3. The number of benzene rings is 2. The minimum atomic E-state index is -0.773. The van der Waals surface area contributed by atoms with Gasteiger partial charge in [0.05, 0.1) is 6.10 Å². The summed E-state index contributed by atoms with van der Waals surface area (Å²) in [6.45, 7) is 1.98. The molecule has 0 bridgehead atoms. The third-order valence-electron chi connectivity index (χ3n) is 3.88. The van der Waals surface area contributed by atoms with Crippen LogP contribution in [-0.4, -0.2) is 5.11 Å². The van der Waals surface area contributed by atoms with Gasteiger partial charge in [-0.15, -0.1) is 0 Å². The predicted octanol–water partition coefficient (Wildman–Crippen LogP) is 3.80. The maximum Gasteiger partial charge on any atom is 0.227 e. The monoisotopic (exact) mass is 336 g/mol. The molecule has 1 aromatic heterocycles. The van der Waals surface area contributed by atoms with Crippen LogP contribution >= 0.6 is 0 Å². The zero-order chi connectivity index (χ0) is 17.6. The summed E-state index contributed by atoms with van der Waals surface area (Å²) in [6, 6.07) is 20.3. The van der Waals surface area contributed by atoms with E-state index in [0.717, 1.165) is 11.1 Å². The molecule has 3 rings (SSSR count). The number of hydrogen-bond acceptors (Lipinski definition) is 4. The van der Waals surface area contributed by atoms with Gasteiger partial charge in [0.2, 0.25) is 11.2 Å². The number of rotatable bonds is 6. The molecule has 1 unspecified atom stereocenters. The van der Waals surface area contributed by atoms with Gasteiger partial charge >= 0.3 is 0 Å². The molecule has 4 heteroatoms. The summed E-state index contributed by atoms with van der Waals surface area (Å²) in [6.07, 6.45) is -0.601. The van der Waals surface area contributed by atoms with E-state index in [1.165, 1.54) is 6.07 Å². The Morgan fingerprint density at radius 3 is 2.36 bits per heavy atom. The molecular weight excluding hydrogens is 316 g/mol. The highest BCUT2D eigenvalue weighted by atomic mass is 16.5. The third-order valence-corrected chi connectivity index (χ3v) is 3.88. The second kappa shape index (κ2) is 7.81. The molecule has 0 radical (unpaired) electrons. The van der Waals surface area contributed by atoms with E-state index in [9.17, 15) is 9.90 Å². The van der Waals surface area contributed by atoms with E-state index in [1.54, 1.807) is 6.92 Å². The van der Waals surface area contributed by atoms with E-state index < -0.39 is 6.10 Å². The number of aliphatic hydroxyl groups is 1. The van der Waals surface area contributed by atoms with Crippen molar-refractivity contribution in [2.75, 3.05) is 0 Å². The lowest BCUT2D eigenvalue weighted by molar-refractivity contribution is 0.164. The SMILES string of the molecule is Cc1cc(=O)c(OCc2ccccc2)c(CC(O)c2ccccc2)o1. The average molecular weight is 336 g/mol. The van der Waals surface area contributed by atoms with Crippen LogP contribution in [0.2, 0.25) is 0 Å². The molecule has 3 aromatic rings. The van der Waals surface area contributed by atoms with Crippen LogP contribution in [0, 0.1) is 6.92 Å². The minimum Gasteiger partial charge on any atom is -0.482 e. The van der Waals surface area contributed by atoms with E-state index >= 15 is 0 Å². The van der Waals surface area contributed by atoms with Gasteiger partial charge < -0.3 is 14.3 Å². The van der Waals surface area contributed by atoms with Gasteiger partial charge in [-0.25, -0.2) is 0 Å². The number of ether oxygens (including phenoxy) is 1. The normalized spacial score (nSPS) is 11.9. The molecule has 0 aliphatic rings. The van der Waals surface area contributed by atoms with Crippen LogP contribution in [0.4, 0.5) is 0 Å². The number of aliphatic hydroxyl groups excluding tert-OH is 1. The van der Waals surface area contributed by atoms with E-state index in [4.69, 9.17) is 9.15 Å². The van der Waals surface area contributed by atoms with Gasteiger partial charge in [0.25, 0.3) is 0 Å². The fourth-order valence-corrected chi connectivity index (χ4v) is 2.64. The topological polar surface area (TPSA) is 59.7 Å². The van der Waals surface area contributed by atoms with Gasteiger partial charge in [-0.05, 0) is 18.1 Å². The van der Waals surface area contributed by atoms with Crippen molar-refractivity contribution in [1.29, 1.82) is 0 Å². The van der Waals surface area contributed by atoms with E-state index in [-0.39, 0.29) is 24.2 Å². The fraction of sp³-hybridized carbons (Fsp3) is 0.190. The van der Waals surface area contributed by atoms with E-state index in [2.05, 4.69) is 0 Å². The summed E-state index contributed by atoms with van der Waals surface area (Å²) in [5.41, 5.74) is 1.48. The van der Waals surface area contributed by atoms with Crippen molar-refractivity contribution < 1.29 is 14.3 Å². The lowest BCUT2D eigenvalue weighted by Crippen LogP contribution is -2.13. The lowest BCUT2D eigenvalue weighted by atomic mass is 10.0. The first-order valence-electron chi connectivity index (χ1n) is 8.17. The zero-order valence-corrected chi connectivity index (χ0v) is 14.0. The van der Waals surface area contributed by atoms with Crippen LogP contribution in [0.3, 0.4) is 0 Å². The molecule has 0 saturated heterocycles. The van der Waals surface area contributed by atoms with Crippen LogP contribution in [-0.2, 0) is 13.0 Å². The predicted molar refractivity (Wildman–Crippen MR) is 95.6 cm³/mol. The molecule has 0 fully saturated rings. The van der Waals surface area contributed by atoms with Gasteiger partial charge in [-0.2, -0.15) is 0 Å². The molecule has 128 valence electrons. The van der Waals surface area contributed by atoms with Crippen LogP contribution in [0.15, 0.2) is 75.9 Å². The highest BCUT2D eigenvalue weighted by Gasteiger charge is 2.18. The zero-order valence-electron chi connectivity index (χ0n) is 14.0. The highest BCUT2D eigenvalue weighted by Crippen LogP contribution is 2.24. The second-order valence-corrected chi connectivity index (χ2v) is 5.88. The van der Waals surface area contributed by atoms with Crippen molar-refractivity contribution in [2.45, 2.75) is 26.1 Å². The Bertz CT molecular complexity index is 869. The summed E-state index contributed by atoms with van der Waals surface area (Å²) >= 11 is 0. The molecule has 0 aliphatic heterocycles. The van der Waals surface area contributed by atoms with Gasteiger partial charge in [0.1, 0.15) is 12.4 Å². The van der Waals surface area contributed by atoms with Crippen molar-refractivity contribution in [2.24, 2.45) is 0 Å². The van der Waals surface area contributed by atoms with Crippen LogP contribution in [0.5, 0.6) is 5.75 Å². The third kappa shape index (κ3) is 4.37. The molecule has 2 aromatic carbocycles. The Morgan fingerprint density at radius 2 is 1.68 bits per heavy atom. The van der Waals surface area contributed by atoms with Crippen molar-refractivity contribution in [3.63, 3.8) is 0 Å². The molecule has 4 nitrogen and oxygen atoms in total. The maximum absolute atomic E-state index is 12.3. The van der Waals surface area contributed by atoms with Gasteiger partial charge in [-0.1, -0.05) is 60.7 Å². The molecule has 1 N–H and O–H groups in total. The largest absolute Gasteiger partial charge is 0.482 e. The maximum atomic E-state index is 12.3. The Morgan fingerprint density at radius 1 is 1.04 bits per heavy atom. The summed E-state index contributed by atoms with van der Waals surface area (Å²) < 4.78 is 11.4. The van der Waals surface area contributed by atoms with E-state index in [0.29, 0.717) is 11.5 Å². The van der Waals surface area contributed by atoms with Crippen molar-refractivity contribution in [3.8, 4) is 5.75 Å². The fourth-order valence-electron chi connectivity index (χ4n) is 2.64. The lowest BCUT2D eigenvalue weighted by Gasteiger charge is -2.14. The number of aryl methyl sites for hydroxylation is 1. The van der Waals surface area contributed by atoms with Crippen molar-refractivity contribution >= 4 is 0 Å². The Kier molecular flexibility index (Phi) is 5.31. The summed E-state index contributed by atoms with van der Waals surface area (Å²) in [5, 5.41) is 10.4. The first-order valence-corrected chi connectivity index (χ1v) is 8.17. The van der Waals surface area contributed by atoms with Gasteiger partial charge in [0.15, 0.2) is 5.76 Å². The standard InChI is InChI=1S/C21H20O4/c1-15-12-19(23)21(24-14-16-8-4-2-5-9-16)20(25-15)13-18(22)17-10-6-3-7-11-17/h2-12,18,22H,13-14H2,1H3. The average Bonchev–Trinajstić information content (AvgIpc) is 2.62. The second-order valence-electron chi connectivity index (χ2n) is 5.88. The molecule has 1 atom stereocenters. The minimum absolute atomic E-state index is 0.157. The smallest absolute Gasteiger partial charge is 0.227 e. The van der Waals surface area contributed by atoms with Crippen LogP contribution < -0.4 is 10.2 Å². The first-order chi connectivity index (χ1) is 12.1. The molecule has 0 aliphatic carbocycles. The molecule has 0 saturated carbocycles. The first kappa shape index (κ1) is 17.0. The van der Waals surface area contributed by atoms with Crippen LogP contribution in [0.1, 0.15) is 28.8 Å². The Hall–Kier alpha value is -2.85. The molecule has 1 heterocycles. The Balaban J connectivity index is 1.84. The Labute approximate surface area is 146 Å².